The van der Waals surface area contributed by atoms with Gasteiger partial charge < -0.3 is 15.3 Å². The number of anilines is 1. The van der Waals surface area contributed by atoms with Crippen LogP contribution < -0.4 is 5.32 Å². The molecule has 7 heteroatoms. The highest BCUT2D eigenvalue weighted by atomic mass is 16.4. The van der Waals surface area contributed by atoms with Crippen LogP contribution in [0.15, 0.2) is 6.20 Å². The lowest BCUT2D eigenvalue weighted by Gasteiger charge is -2.13. The van der Waals surface area contributed by atoms with Gasteiger partial charge >= 0.3 is 5.97 Å². The molecule has 21 heavy (non-hydrogen) atoms. The number of carbonyl (C=O) groups is 1. The van der Waals surface area contributed by atoms with Crippen LogP contribution in [0.3, 0.4) is 0 Å². The number of aromatic nitrogens is 3. The van der Waals surface area contributed by atoms with Gasteiger partial charge in [0.1, 0.15) is 5.56 Å². The molecular formula is C14H21N5O2. The highest BCUT2D eigenvalue weighted by Gasteiger charge is 2.18. The zero-order valence-electron chi connectivity index (χ0n) is 12.8. The summed E-state index contributed by atoms with van der Waals surface area (Å²) in [4.78, 5) is 17.7. The van der Waals surface area contributed by atoms with Gasteiger partial charge in [-0.2, -0.15) is 5.10 Å². The van der Waals surface area contributed by atoms with Gasteiger partial charge in [-0.05, 0) is 34.0 Å². The van der Waals surface area contributed by atoms with E-state index in [0.717, 1.165) is 24.0 Å². The second kappa shape index (κ2) is 6.09. The number of aryl methyl sites for hydroxylation is 2. The molecule has 2 aromatic heterocycles. The SMILES string of the molecule is Cc1nn(C)c2ncc(C(=O)O)c(NCCCN(C)C)c12. The summed E-state index contributed by atoms with van der Waals surface area (Å²) in [5, 5.41) is 17.7. The number of nitrogens with zero attached hydrogens (tertiary/aromatic N) is 4. The first-order valence-electron chi connectivity index (χ1n) is 6.86. The second-order valence-electron chi connectivity index (χ2n) is 5.34. The quantitative estimate of drug-likeness (QED) is 0.781. The molecule has 0 radical (unpaired) electrons. The van der Waals surface area contributed by atoms with E-state index in [2.05, 4.69) is 20.3 Å². The first-order valence-corrected chi connectivity index (χ1v) is 6.86. The van der Waals surface area contributed by atoms with Crippen molar-refractivity contribution in [3.8, 4) is 0 Å². The van der Waals surface area contributed by atoms with Crippen molar-refractivity contribution in [1.29, 1.82) is 0 Å². The Kier molecular flexibility index (Phi) is 4.42. The highest BCUT2D eigenvalue weighted by Crippen LogP contribution is 2.28. The average molecular weight is 291 g/mol. The highest BCUT2D eigenvalue weighted by molar-refractivity contribution is 6.04. The molecule has 0 fully saturated rings. The van der Waals surface area contributed by atoms with Crippen LogP contribution in [-0.2, 0) is 7.05 Å². The van der Waals surface area contributed by atoms with Crippen molar-refractivity contribution < 1.29 is 9.90 Å². The zero-order chi connectivity index (χ0) is 15.6. The van der Waals surface area contributed by atoms with Crippen molar-refractivity contribution in [2.45, 2.75) is 13.3 Å². The lowest BCUT2D eigenvalue weighted by Crippen LogP contribution is -2.17. The van der Waals surface area contributed by atoms with Gasteiger partial charge in [0.25, 0.3) is 0 Å². The van der Waals surface area contributed by atoms with Crippen LogP contribution in [0.5, 0.6) is 0 Å². The molecule has 0 bridgehead atoms. The van der Waals surface area contributed by atoms with Gasteiger partial charge in [0, 0.05) is 19.8 Å². The maximum absolute atomic E-state index is 11.4. The second-order valence-corrected chi connectivity index (χ2v) is 5.34. The Labute approximate surface area is 123 Å². The van der Waals surface area contributed by atoms with E-state index in [0.29, 0.717) is 17.9 Å². The summed E-state index contributed by atoms with van der Waals surface area (Å²) >= 11 is 0. The minimum atomic E-state index is -0.984. The summed E-state index contributed by atoms with van der Waals surface area (Å²) in [7, 11) is 5.83. The van der Waals surface area contributed by atoms with E-state index in [9.17, 15) is 9.90 Å². The Morgan fingerprint density at radius 3 is 2.81 bits per heavy atom. The average Bonchev–Trinajstić information content (AvgIpc) is 2.69. The first-order chi connectivity index (χ1) is 9.91. The Balaban J connectivity index is 2.37. The molecule has 2 N–H and O–H groups in total. The van der Waals surface area contributed by atoms with Gasteiger partial charge in [0.2, 0.25) is 0 Å². The molecule has 0 unspecified atom stereocenters. The third-order valence-corrected chi connectivity index (χ3v) is 3.34. The third kappa shape index (κ3) is 3.13. The molecule has 0 saturated carbocycles. The van der Waals surface area contributed by atoms with E-state index in [1.54, 1.807) is 11.7 Å². The Morgan fingerprint density at radius 1 is 1.48 bits per heavy atom. The van der Waals surface area contributed by atoms with E-state index in [1.807, 2.05) is 21.0 Å². The van der Waals surface area contributed by atoms with Gasteiger partial charge in [-0.15, -0.1) is 0 Å². The molecule has 0 aliphatic heterocycles. The number of fused-ring (bicyclic) bond motifs is 1. The Bertz CT molecular complexity index is 663. The summed E-state index contributed by atoms with van der Waals surface area (Å²) in [5.74, 6) is -0.984. The van der Waals surface area contributed by atoms with Crippen molar-refractivity contribution >= 4 is 22.7 Å². The number of carboxylic acid groups (broad SMARTS) is 1. The van der Waals surface area contributed by atoms with E-state index in [-0.39, 0.29) is 5.56 Å². The molecule has 2 aromatic rings. The number of hydrogen-bond donors (Lipinski definition) is 2. The molecule has 0 aliphatic carbocycles. The van der Waals surface area contributed by atoms with Crippen LogP contribution in [0.1, 0.15) is 22.5 Å². The molecule has 0 amide bonds. The molecule has 0 atom stereocenters. The van der Waals surface area contributed by atoms with Crippen LogP contribution in [0, 0.1) is 6.92 Å². The molecule has 7 nitrogen and oxygen atoms in total. The van der Waals surface area contributed by atoms with Gasteiger partial charge in [-0.1, -0.05) is 0 Å². The van der Waals surface area contributed by atoms with E-state index >= 15 is 0 Å². The van der Waals surface area contributed by atoms with Crippen LogP contribution >= 0.6 is 0 Å². The van der Waals surface area contributed by atoms with Crippen molar-refractivity contribution in [1.82, 2.24) is 19.7 Å². The molecule has 114 valence electrons. The predicted molar refractivity (Wildman–Crippen MR) is 81.9 cm³/mol. The van der Waals surface area contributed by atoms with E-state index < -0.39 is 5.97 Å². The standard InChI is InChI=1S/C14H21N5O2/c1-9-11-12(15-6-5-7-18(2)3)10(14(20)21)8-16-13(11)19(4)17-9/h8H,5-7H2,1-4H3,(H,15,16)(H,20,21). The van der Waals surface area contributed by atoms with Crippen molar-refractivity contribution in [2.24, 2.45) is 7.05 Å². The number of pyridine rings is 1. The summed E-state index contributed by atoms with van der Waals surface area (Å²) in [5.41, 5.74) is 2.26. The number of nitrogens with one attached hydrogen (secondary N) is 1. The number of carboxylic acids is 1. The Hall–Kier alpha value is -2.15. The smallest absolute Gasteiger partial charge is 0.339 e. The number of rotatable bonds is 6. The summed E-state index contributed by atoms with van der Waals surface area (Å²) in [6, 6.07) is 0. The van der Waals surface area contributed by atoms with Crippen LogP contribution in [0.25, 0.3) is 11.0 Å². The first kappa shape index (κ1) is 15.2. The Morgan fingerprint density at radius 2 is 2.19 bits per heavy atom. The van der Waals surface area contributed by atoms with Crippen molar-refractivity contribution in [3.05, 3.63) is 17.5 Å². The minimum absolute atomic E-state index is 0.184. The topological polar surface area (TPSA) is 83.3 Å². The molecular weight excluding hydrogens is 270 g/mol. The van der Waals surface area contributed by atoms with Crippen LogP contribution in [0.2, 0.25) is 0 Å². The van der Waals surface area contributed by atoms with E-state index in [4.69, 9.17) is 0 Å². The minimum Gasteiger partial charge on any atom is -0.478 e. The monoisotopic (exact) mass is 291 g/mol. The number of hydrogen-bond acceptors (Lipinski definition) is 5. The molecule has 2 rings (SSSR count). The molecule has 2 heterocycles. The molecule has 0 saturated heterocycles. The largest absolute Gasteiger partial charge is 0.478 e. The lowest BCUT2D eigenvalue weighted by atomic mass is 10.1. The predicted octanol–water partition coefficient (Wildman–Crippen LogP) is 1.34. The van der Waals surface area contributed by atoms with Gasteiger partial charge in [0.05, 0.1) is 16.8 Å². The third-order valence-electron chi connectivity index (χ3n) is 3.34. The molecule has 0 spiro atoms. The maximum atomic E-state index is 11.4. The summed E-state index contributed by atoms with van der Waals surface area (Å²) < 4.78 is 1.67. The van der Waals surface area contributed by atoms with Crippen molar-refractivity contribution in [2.75, 3.05) is 32.5 Å². The van der Waals surface area contributed by atoms with Gasteiger partial charge in [0.15, 0.2) is 5.65 Å². The van der Waals surface area contributed by atoms with Crippen molar-refractivity contribution in [3.63, 3.8) is 0 Å². The fourth-order valence-corrected chi connectivity index (χ4v) is 2.37. The van der Waals surface area contributed by atoms with Gasteiger partial charge in [-0.25, -0.2) is 9.78 Å². The summed E-state index contributed by atoms with van der Waals surface area (Å²) in [6.07, 6.45) is 2.31. The fourth-order valence-electron chi connectivity index (χ4n) is 2.37. The molecule has 0 aromatic carbocycles. The number of aromatic carboxylic acids is 1. The lowest BCUT2D eigenvalue weighted by molar-refractivity contribution is 0.0697. The summed E-state index contributed by atoms with van der Waals surface area (Å²) in [6.45, 7) is 3.50. The molecule has 0 aliphatic rings. The van der Waals surface area contributed by atoms with Crippen LogP contribution in [-0.4, -0.2) is 57.9 Å². The van der Waals surface area contributed by atoms with Crippen LogP contribution in [0.4, 0.5) is 5.69 Å². The zero-order valence-corrected chi connectivity index (χ0v) is 12.8. The van der Waals surface area contributed by atoms with E-state index in [1.165, 1.54) is 6.20 Å². The fraction of sp³-hybridized carbons (Fsp3) is 0.500. The maximum Gasteiger partial charge on any atom is 0.339 e. The normalized spacial score (nSPS) is 11.3. The van der Waals surface area contributed by atoms with Gasteiger partial charge in [-0.3, -0.25) is 4.68 Å².